The zero-order valence-corrected chi connectivity index (χ0v) is 15.4. The van der Waals surface area contributed by atoms with Gasteiger partial charge in [0.05, 0.1) is 10.9 Å². The van der Waals surface area contributed by atoms with E-state index in [-0.39, 0.29) is 28.9 Å². The van der Waals surface area contributed by atoms with Crippen LogP contribution in [0.2, 0.25) is 0 Å². The number of hydrogen-bond donors (Lipinski definition) is 2. The second-order valence-electron chi connectivity index (χ2n) is 7.07. The minimum atomic E-state index is -0.376. The Bertz CT molecular complexity index is 818. The molecule has 4 rings (SSSR count). The van der Waals surface area contributed by atoms with Gasteiger partial charge in [0, 0.05) is 23.3 Å². The molecule has 0 bridgehead atoms. The molecule has 0 spiro atoms. The molecule has 1 unspecified atom stereocenters. The predicted octanol–water partition coefficient (Wildman–Crippen LogP) is 3.73. The van der Waals surface area contributed by atoms with Gasteiger partial charge in [0.1, 0.15) is 0 Å². The van der Waals surface area contributed by atoms with Crippen molar-refractivity contribution in [1.82, 2.24) is 5.32 Å². The number of benzene rings is 2. The van der Waals surface area contributed by atoms with Crippen LogP contribution < -0.4 is 10.6 Å². The summed E-state index contributed by atoms with van der Waals surface area (Å²) in [7, 11) is 0. The zero-order valence-electron chi connectivity index (χ0n) is 14.5. The number of anilines is 1. The summed E-state index contributed by atoms with van der Waals surface area (Å²) in [6.07, 6.45) is 3.60. The van der Waals surface area contributed by atoms with Crippen LogP contribution in [0.5, 0.6) is 0 Å². The second kappa shape index (κ2) is 7.16. The standard InChI is InChI=1S/C21H22N2O2S/c24-19(13-18-20(25)23-16-9-4-5-10-17(16)26-18)22-14-21(11-6-12-21)15-7-2-1-3-8-15/h1-5,7-10,18H,6,11-14H2,(H,22,24)(H,23,25). The Morgan fingerprint density at radius 3 is 2.58 bits per heavy atom. The quantitative estimate of drug-likeness (QED) is 0.848. The van der Waals surface area contributed by atoms with Gasteiger partial charge in [-0.15, -0.1) is 11.8 Å². The molecular weight excluding hydrogens is 344 g/mol. The molecule has 1 atom stereocenters. The van der Waals surface area contributed by atoms with E-state index in [0.717, 1.165) is 23.4 Å². The van der Waals surface area contributed by atoms with Crippen LogP contribution in [0.1, 0.15) is 31.2 Å². The second-order valence-corrected chi connectivity index (χ2v) is 8.32. The maximum Gasteiger partial charge on any atom is 0.238 e. The lowest BCUT2D eigenvalue weighted by molar-refractivity contribution is -0.124. The molecule has 1 aliphatic heterocycles. The number of carbonyl (C=O) groups is 2. The van der Waals surface area contributed by atoms with E-state index in [9.17, 15) is 9.59 Å². The van der Waals surface area contributed by atoms with Gasteiger partial charge in [-0.05, 0) is 30.5 Å². The van der Waals surface area contributed by atoms with Gasteiger partial charge in [-0.2, -0.15) is 0 Å². The molecule has 0 radical (unpaired) electrons. The summed E-state index contributed by atoms with van der Waals surface area (Å²) >= 11 is 1.47. The molecule has 1 fully saturated rings. The molecule has 1 heterocycles. The number of fused-ring (bicyclic) bond motifs is 1. The van der Waals surface area contributed by atoms with E-state index in [1.54, 1.807) is 0 Å². The highest BCUT2D eigenvalue weighted by atomic mass is 32.2. The third kappa shape index (κ3) is 3.36. The lowest BCUT2D eigenvalue weighted by atomic mass is 9.64. The maximum absolute atomic E-state index is 12.5. The van der Waals surface area contributed by atoms with Gasteiger partial charge in [-0.3, -0.25) is 9.59 Å². The molecule has 2 aromatic rings. The first kappa shape index (κ1) is 17.2. The van der Waals surface area contributed by atoms with Crippen LogP contribution in [-0.2, 0) is 15.0 Å². The van der Waals surface area contributed by atoms with E-state index in [1.807, 2.05) is 30.3 Å². The van der Waals surface area contributed by atoms with E-state index < -0.39 is 0 Å². The van der Waals surface area contributed by atoms with Crippen LogP contribution in [0.3, 0.4) is 0 Å². The molecular formula is C21H22N2O2S. The van der Waals surface area contributed by atoms with Crippen molar-refractivity contribution in [2.75, 3.05) is 11.9 Å². The minimum Gasteiger partial charge on any atom is -0.355 e. The summed E-state index contributed by atoms with van der Waals surface area (Å²) < 4.78 is 0. The van der Waals surface area contributed by atoms with Gasteiger partial charge in [-0.1, -0.05) is 48.9 Å². The Hall–Kier alpha value is -2.27. The summed E-state index contributed by atoms with van der Waals surface area (Å²) in [4.78, 5) is 25.8. The van der Waals surface area contributed by atoms with Gasteiger partial charge in [-0.25, -0.2) is 0 Å². The first-order valence-electron chi connectivity index (χ1n) is 9.05. The smallest absolute Gasteiger partial charge is 0.238 e. The number of amides is 2. The number of nitrogens with one attached hydrogen (secondary N) is 2. The van der Waals surface area contributed by atoms with E-state index in [1.165, 1.54) is 23.7 Å². The summed E-state index contributed by atoms with van der Waals surface area (Å²) in [5.74, 6) is -0.149. The first-order valence-corrected chi connectivity index (χ1v) is 9.93. The molecule has 2 amide bonds. The fourth-order valence-corrected chi connectivity index (χ4v) is 4.81. The van der Waals surface area contributed by atoms with Crippen molar-refractivity contribution in [2.45, 2.75) is 41.2 Å². The van der Waals surface area contributed by atoms with Gasteiger partial charge in [0.2, 0.25) is 11.8 Å². The number of rotatable bonds is 5. The molecule has 0 saturated heterocycles. The summed E-state index contributed by atoms with van der Waals surface area (Å²) in [6, 6.07) is 18.1. The normalized spacial score (nSPS) is 20.5. The molecule has 1 saturated carbocycles. The summed E-state index contributed by atoms with van der Waals surface area (Å²) in [6.45, 7) is 0.644. The van der Waals surface area contributed by atoms with Crippen LogP contribution in [-0.4, -0.2) is 23.6 Å². The van der Waals surface area contributed by atoms with Gasteiger partial charge in [0.25, 0.3) is 0 Å². The first-order chi connectivity index (χ1) is 12.7. The lowest BCUT2D eigenvalue weighted by Crippen LogP contribution is -2.46. The molecule has 0 aromatic heterocycles. The molecule has 2 N–H and O–H groups in total. The van der Waals surface area contributed by atoms with Crippen molar-refractivity contribution in [3.05, 3.63) is 60.2 Å². The fourth-order valence-electron chi connectivity index (χ4n) is 3.70. The average molecular weight is 366 g/mol. The zero-order chi connectivity index (χ0) is 18.0. The molecule has 134 valence electrons. The molecule has 2 aromatic carbocycles. The van der Waals surface area contributed by atoms with Crippen LogP contribution >= 0.6 is 11.8 Å². The Morgan fingerprint density at radius 2 is 1.85 bits per heavy atom. The molecule has 26 heavy (non-hydrogen) atoms. The molecule has 2 aliphatic rings. The number of hydrogen-bond acceptors (Lipinski definition) is 3. The average Bonchev–Trinajstić information content (AvgIpc) is 2.62. The highest BCUT2D eigenvalue weighted by Gasteiger charge is 2.39. The Morgan fingerprint density at radius 1 is 1.12 bits per heavy atom. The Balaban J connectivity index is 1.37. The van der Waals surface area contributed by atoms with E-state index >= 15 is 0 Å². The topological polar surface area (TPSA) is 58.2 Å². The summed E-state index contributed by atoms with van der Waals surface area (Å²) in [5.41, 5.74) is 2.19. The van der Waals surface area contributed by atoms with Crippen molar-refractivity contribution in [3.8, 4) is 0 Å². The summed E-state index contributed by atoms with van der Waals surface area (Å²) in [5, 5.41) is 5.60. The molecule has 5 heteroatoms. The SMILES string of the molecule is O=C(CC1Sc2ccccc2NC1=O)NCC1(c2ccccc2)CCC1. The maximum atomic E-state index is 12.5. The largest absolute Gasteiger partial charge is 0.355 e. The monoisotopic (exact) mass is 366 g/mol. The van der Waals surface area contributed by atoms with Crippen molar-refractivity contribution in [2.24, 2.45) is 0 Å². The van der Waals surface area contributed by atoms with Gasteiger partial charge < -0.3 is 10.6 Å². The van der Waals surface area contributed by atoms with Crippen LogP contribution in [0.15, 0.2) is 59.5 Å². The van der Waals surface area contributed by atoms with Crippen molar-refractivity contribution in [3.63, 3.8) is 0 Å². The number of para-hydroxylation sites is 1. The van der Waals surface area contributed by atoms with E-state index in [0.29, 0.717) is 6.54 Å². The molecule has 1 aliphatic carbocycles. The fraction of sp³-hybridized carbons (Fsp3) is 0.333. The number of carbonyl (C=O) groups excluding carboxylic acids is 2. The minimum absolute atomic E-state index is 0.0563. The van der Waals surface area contributed by atoms with Gasteiger partial charge in [0.15, 0.2) is 0 Å². The van der Waals surface area contributed by atoms with Crippen LogP contribution in [0.25, 0.3) is 0 Å². The highest BCUT2D eigenvalue weighted by Crippen LogP contribution is 2.43. The van der Waals surface area contributed by atoms with Crippen molar-refractivity contribution < 1.29 is 9.59 Å². The number of thioether (sulfide) groups is 1. The lowest BCUT2D eigenvalue weighted by Gasteiger charge is -2.42. The molecule has 4 nitrogen and oxygen atoms in total. The van der Waals surface area contributed by atoms with Crippen LogP contribution in [0.4, 0.5) is 5.69 Å². The highest BCUT2D eigenvalue weighted by molar-refractivity contribution is 8.01. The van der Waals surface area contributed by atoms with Gasteiger partial charge >= 0.3 is 0 Å². The predicted molar refractivity (Wildman–Crippen MR) is 104 cm³/mol. The van der Waals surface area contributed by atoms with Crippen molar-refractivity contribution in [1.29, 1.82) is 0 Å². The van der Waals surface area contributed by atoms with Crippen molar-refractivity contribution >= 4 is 29.3 Å². The third-order valence-electron chi connectivity index (χ3n) is 5.40. The van der Waals surface area contributed by atoms with E-state index in [4.69, 9.17) is 0 Å². The Labute approximate surface area is 157 Å². The van der Waals surface area contributed by atoms with E-state index in [2.05, 4.69) is 34.9 Å². The Kier molecular flexibility index (Phi) is 4.72. The van der Waals surface area contributed by atoms with Crippen LogP contribution in [0, 0.1) is 0 Å². The third-order valence-corrected chi connectivity index (χ3v) is 6.67.